The van der Waals surface area contributed by atoms with Crippen molar-refractivity contribution in [3.05, 3.63) is 63.8 Å². The summed E-state index contributed by atoms with van der Waals surface area (Å²) in [5.74, 6) is -4.89. The molecule has 0 radical (unpaired) electrons. The Bertz CT molecular complexity index is 1500. The van der Waals surface area contributed by atoms with Crippen molar-refractivity contribution < 1.29 is 27.6 Å². The molecule has 12 heteroatoms. The van der Waals surface area contributed by atoms with E-state index in [0.717, 1.165) is 6.07 Å². The number of nitrogens with one attached hydrogen (secondary N) is 2. The molecule has 200 valence electrons. The Labute approximate surface area is 215 Å². The minimum atomic E-state index is -2.69. The molecule has 9 nitrogen and oxygen atoms in total. The molecule has 1 atom stereocenters. The Morgan fingerprint density at radius 2 is 1.87 bits per heavy atom. The van der Waals surface area contributed by atoms with Crippen LogP contribution in [0.25, 0.3) is 11.0 Å². The number of imidazole rings is 1. The van der Waals surface area contributed by atoms with Crippen molar-refractivity contribution in [2.75, 3.05) is 18.4 Å². The molecule has 2 fully saturated rings. The van der Waals surface area contributed by atoms with Crippen molar-refractivity contribution in [2.24, 2.45) is 7.05 Å². The number of hydrogen-bond acceptors (Lipinski definition) is 5. The quantitative estimate of drug-likeness (QED) is 0.495. The van der Waals surface area contributed by atoms with E-state index < -0.39 is 41.2 Å². The number of aryl methyl sites for hydroxylation is 1. The Kier molecular flexibility index (Phi) is 6.59. The molecule has 1 aromatic heterocycles. The molecule has 3 aromatic rings. The van der Waals surface area contributed by atoms with Gasteiger partial charge in [-0.2, -0.15) is 0 Å². The number of para-hydroxylation sites is 1. The van der Waals surface area contributed by atoms with E-state index >= 15 is 0 Å². The molecule has 3 heterocycles. The molecule has 0 bridgehead atoms. The number of amides is 3. The van der Waals surface area contributed by atoms with Gasteiger partial charge in [0.25, 0.3) is 11.8 Å². The molecule has 5 rings (SSSR count). The van der Waals surface area contributed by atoms with Crippen molar-refractivity contribution in [1.29, 1.82) is 0 Å². The maximum Gasteiger partial charge on any atom is 0.329 e. The first-order valence-electron chi connectivity index (χ1n) is 12.3. The zero-order chi connectivity index (χ0) is 27.2. The summed E-state index contributed by atoms with van der Waals surface area (Å²) in [7, 11) is 1.51. The van der Waals surface area contributed by atoms with Gasteiger partial charge in [-0.1, -0.05) is 12.1 Å². The van der Waals surface area contributed by atoms with Crippen LogP contribution >= 0.6 is 0 Å². The number of aromatic nitrogens is 2. The van der Waals surface area contributed by atoms with Gasteiger partial charge in [0, 0.05) is 57.1 Å². The lowest BCUT2D eigenvalue weighted by molar-refractivity contribution is -0.135. The van der Waals surface area contributed by atoms with Crippen LogP contribution in [0.2, 0.25) is 0 Å². The van der Waals surface area contributed by atoms with E-state index in [4.69, 9.17) is 0 Å². The number of carbonyl (C=O) groups is 3. The van der Waals surface area contributed by atoms with Crippen molar-refractivity contribution in [3.63, 3.8) is 0 Å². The normalized spacial score (nSPS) is 19.9. The first kappa shape index (κ1) is 25.7. The lowest BCUT2D eigenvalue weighted by atomic mass is 10.0. The minimum Gasteiger partial charge on any atom is -0.320 e. The summed E-state index contributed by atoms with van der Waals surface area (Å²) >= 11 is 0. The number of benzene rings is 2. The standard InChI is InChI=1S/C26H26F3N5O4/c1-32-22-18(3-2-4-19(22)34(25(32)38)20-7-8-21(35)31-24(20)37)30-23(36)15-5-6-16(17(27)13-15)14-33-11-9-26(28,29)10-12-33/h2-6,13,20H,7-12,14H2,1H3,(H,30,36)(H,31,35,37). The van der Waals surface area contributed by atoms with Crippen LogP contribution in [0, 0.1) is 5.82 Å². The smallest absolute Gasteiger partial charge is 0.320 e. The number of halogens is 3. The minimum absolute atomic E-state index is 0.0445. The van der Waals surface area contributed by atoms with Gasteiger partial charge in [0.2, 0.25) is 11.8 Å². The number of imide groups is 1. The summed E-state index contributed by atoms with van der Waals surface area (Å²) in [6.45, 7) is 0.491. The molecule has 38 heavy (non-hydrogen) atoms. The van der Waals surface area contributed by atoms with Crippen molar-refractivity contribution >= 4 is 34.4 Å². The van der Waals surface area contributed by atoms with Crippen molar-refractivity contribution in [3.8, 4) is 0 Å². The highest BCUT2D eigenvalue weighted by molar-refractivity contribution is 6.08. The van der Waals surface area contributed by atoms with Gasteiger partial charge < -0.3 is 5.32 Å². The van der Waals surface area contributed by atoms with Gasteiger partial charge in [0.15, 0.2) is 0 Å². The summed E-state index contributed by atoms with van der Waals surface area (Å²) in [5.41, 5.74) is 0.924. The van der Waals surface area contributed by atoms with Crippen LogP contribution in [-0.4, -0.2) is 50.8 Å². The molecule has 2 saturated heterocycles. The lowest BCUT2D eigenvalue weighted by Crippen LogP contribution is -2.44. The van der Waals surface area contributed by atoms with Gasteiger partial charge in [-0.25, -0.2) is 18.0 Å². The molecule has 0 saturated carbocycles. The molecular weight excluding hydrogens is 503 g/mol. The van der Waals surface area contributed by atoms with Crippen LogP contribution in [0.3, 0.4) is 0 Å². The molecular formula is C26H26F3N5O4. The molecule has 1 unspecified atom stereocenters. The topological polar surface area (TPSA) is 105 Å². The Hall–Kier alpha value is -3.93. The van der Waals surface area contributed by atoms with Gasteiger partial charge in [-0.3, -0.25) is 33.7 Å². The van der Waals surface area contributed by atoms with Gasteiger partial charge in [-0.05, 0) is 30.7 Å². The number of anilines is 1. The molecule has 0 aliphatic carbocycles. The summed E-state index contributed by atoms with van der Waals surface area (Å²) in [4.78, 5) is 51.8. The maximum atomic E-state index is 14.8. The fourth-order valence-corrected chi connectivity index (χ4v) is 5.06. The summed E-state index contributed by atoms with van der Waals surface area (Å²) in [6.07, 6.45) is -0.268. The highest BCUT2D eigenvalue weighted by Gasteiger charge is 2.34. The second-order valence-corrected chi connectivity index (χ2v) is 9.74. The number of rotatable bonds is 5. The first-order valence-corrected chi connectivity index (χ1v) is 12.3. The van der Waals surface area contributed by atoms with E-state index in [-0.39, 0.29) is 56.6 Å². The summed E-state index contributed by atoms with van der Waals surface area (Å²) in [5, 5.41) is 4.96. The SMILES string of the molecule is Cn1c(=O)n(C2CCC(=O)NC2=O)c2cccc(NC(=O)c3ccc(CN4CCC(F)(F)CC4)c(F)c3)c21. The van der Waals surface area contributed by atoms with E-state index in [0.29, 0.717) is 16.6 Å². The molecule has 2 aliphatic rings. The van der Waals surface area contributed by atoms with E-state index in [1.807, 2.05) is 0 Å². The van der Waals surface area contributed by atoms with E-state index in [2.05, 4.69) is 10.6 Å². The average Bonchev–Trinajstić information content (AvgIpc) is 3.12. The van der Waals surface area contributed by atoms with Crippen LogP contribution < -0.4 is 16.3 Å². The Morgan fingerprint density at radius 1 is 1.13 bits per heavy atom. The highest BCUT2D eigenvalue weighted by atomic mass is 19.3. The molecule has 2 aliphatic heterocycles. The van der Waals surface area contributed by atoms with E-state index in [1.54, 1.807) is 23.1 Å². The van der Waals surface area contributed by atoms with E-state index in [9.17, 15) is 32.3 Å². The zero-order valence-electron chi connectivity index (χ0n) is 20.6. The number of hydrogen-bond donors (Lipinski definition) is 2. The van der Waals surface area contributed by atoms with Crippen molar-refractivity contribution in [2.45, 2.75) is 44.2 Å². The predicted octanol–water partition coefficient (Wildman–Crippen LogP) is 2.94. The largest absolute Gasteiger partial charge is 0.329 e. The number of piperidine rings is 2. The fourth-order valence-electron chi connectivity index (χ4n) is 5.06. The third-order valence-electron chi connectivity index (χ3n) is 7.17. The van der Waals surface area contributed by atoms with Crippen molar-refractivity contribution in [1.82, 2.24) is 19.4 Å². The highest BCUT2D eigenvalue weighted by Crippen LogP contribution is 2.30. The third kappa shape index (κ3) is 4.83. The number of nitrogens with zero attached hydrogens (tertiary/aromatic N) is 3. The zero-order valence-corrected chi connectivity index (χ0v) is 20.6. The molecule has 2 aromatic carbocycles. The molecule has 0 spiro atoms. The van der Waals surface area contributed by atoms with Crippen LogP contribution in [0.15, 0.2) is 41.2 Å². The second kappa shape index (κ2) is 9.75. The molecule has 2 N–H and O–H groups in total. The molecule has 3 amide bonds. The number of carbonyl (C=O) groups excluding carboxylic acids is 3. The van der Waals surface area contributed by atoms with Gasteiger partial charge >= 0.3 is 5.69 Å². The number of likely N-dealkylation sites (tertiary alicyclic amines) is 1. The number of fused-ring (bicyclic) bond motifs is 1. The maximum absolute atomic E-state index is 14.8. The Morgan fingerprint density at radius 3 is 2.55 bits per heavy atom. The summed E-state index contributed by atoms with van der Waals surface area (Å²) in [6, 6.07) is 7.99. The van der Waals surface area contributed by atoms with Crippen LogP contribution in [0.1, 0.15) is 47.6 Å². The fraction of sp³-hybridized carbons (Fsp3) is 0.385. The second-order valence-electron chi connectivity index (χ2n) is 9.74. The number of alkyl halides is 2. The van der Waals surface area contributed by atoms with Gasteiger partial charge in [0.1, 0.15) is 11.9 Å². The monoisotopic (exact) mass is 529 g/mol. The van der Waals surface area contributed by atoms with Gasteiger partial charge in [0.05, 0.1) is 16.7 Å². The van der Waals surface area contributed by atoms with E-state index in [1.165, 1.54) is 28.3 Å². The van der Waals surface area contributed by atoms with Crippen LogP contribution in [0.4, 0.5) is 18.9 Å². The van der Waals surface area contributed by atoms with Gasteiger partial charge in [-0.15, -0.1) is 0 Å². The lowest BCUT2D eigenvalue weighted by Gasteiger charge is -2.31. The van der Waals surface area contributed by atoms with Crippen LogP contribution in [-0.2, 0) is 23.2 Å². The summed E-state index contributed by atoms with van der Waals surface area (Å²) < 4.78 is 44.2. The Balaban J connectivity index is 1.37. The average molecular weight is 530 g/mol. The van der Waals surface area contributed by atoms with Crippen LogP contribution in [0.5, 0.6) is 0 Å². The third-order valence-corrected chi connectivity index (χ3v) is 7.17. The first-order chi connectivity index (χ1) is 18.0. The predicted molar refractivity (Wildman–Crippen MR) is 132 cm³/mol.